The Morgan fingerprint density at radius 2 is 1.81 bits per heavy atom. The van der Waals surface area contributed by atoms with Gasteiger partial charge in [0.15, 0.2) is 6.54 Å². The van der Waals surface area contributed by atoms with Gasteiger partial charge in [-0.3, -0.25) is 4.79 Å². The van der Waals surface area contributed by atoms with Crippen molar-refractivity contribution in [2.75, 3.05) is 32.7 Å². The molecular formula is C17H26Cl2N3O3S+. The van der Waals surface area contributed by atoms with Crippen molar-refractivity contribution < 1.29 is 18.1 Å². The molecule has 2 rings (SSSR count). The summed E-state index contributed by atoms with van der Waals surface area (Å²) >= 11 is 11.8. The Morgan fingerprint density at radius 3 is 2.35 bits per heavy atom. The standard InChI is InChI=1S/C17H25Cl2N3O3S/c1-12(2)13(3)20-17(23)11-21-6-8-22(9-7-21)26(24,25)14-4-5-15(18)16(19)10-14/h4-5,10,12-13H,6-9,11H2,1-3H3,(H,20,23)/p+1/t13-/m1/s1. The SMILES string of the molecule is CC(C)[C@@H](C)NC(=O)C[NH+]1CCN(S(=O)(=O)c2ccc(Cl)c(Cl)c2)CC1. The number of amides is 1. The van der Waals surface area contributed by atoms with Crippen molar-refractivity contribution in [2.24, 2.45) is 5.92 Å². The Hall–Kier alpha value is -0.860. The van der Waals surface area contributed by atoms with E-state index in [-0.39, 0.29) is 21.9 Å². The van der Waals surface area contributed by atoms with Gasteiger partial charge in [-0.2, -0.15) is 4.31 Å². The van der Waals surface area contributed by atoms with Crippen molar-refractivity contribution in [1.82, 2.24) is 9.62 Å². The molecule has 1 amide bonds. The van der Waals surface area contributed by atoms with Crippen molar-refractivity contribution >= 4 is 39.1 Å². The van der Waals surface area contributed by atoms with Gasteiger partial charge in [0, 0.05) is 6.04 Å². The number of hydrogen-bond acceptors (Lipinski definition) is 3. The average molecular weight is 423 g/mol. The first-order valence-electron chi connectivity index (χ1n) is 8.69. The number of hydrogen-bond donors (Lipinski definition) is 2. The summed E-state index contributed by atoms with van der Waals surface area (Å²) in [6.45, 7) is 8.37. The molecule has 0 aromatic heterocycles. The molecule has 1 atom stereocenters. The predicted octanol–water partition coefficient (Wildman–Crippen LogP) is 1.04. The monoisotopic (exact) mass is 422 g/mol. The lowest BCUT2D eigenvalue weighted by Gasteiger charge is -2.31. The highest BCUT2D eigenvalue weighted by atomic mass is 35.5. The van der Waals surface area contributed by atoms with E-state index in [4.69, 9.17) is 23.2 Å². The van der Waals surface area contributed by atoms with Crippen LogP contribution in [0.5, 0.6) is 0 Å². The number of benzene rings is 1. The van der Waals surface area contributed by atoms with Crippen molar-refractivity contribution in [3.63, 3.8) is 0 Å². The van der Waals surface area contributed by atoms with E-state index >= 15 is 0 Å². The first-order chi connectivity index (χ1) is 12.1. The Labute approximate surface area is 165 Å². The van der Waals surface area contributed by atoms with Crippen molar-refractivity contribution in [3.05, 3.63) is 28.2 Å². The molecule has 1 aromatic carbocycles. The van der Waals surface area contributed by atoms with Crippen molar-refractivity contribution in [3.8, 4) is 0 Å². The fraction of sp³-hybridized carbons (Fsp3) is 0.588. The number of rotatable bonds is 6. The van der Waals surface area contributed by atoms with Gasteiger partial charge in [0.05, 0.1) is 41.1 Å². The van der Waals surface area contributed by atoms with Gasteiger partial charge in [0.2, 0.25) is 10.0 Å². The minimum absolute atomic E-state index is 0.00184. The highest BCUT2D eigenvalue weighted by molar-refractivity contribution is 7.89. The molecule has 0 unspecified atom stereocenters. The van der Waals surface area contributed by atoms with Crippen LogP contribution in [-0.2, 0) is 14.8 Å². The number of quaternary nitrogens is 1. The van der Waals surface area contributed by atoms with Crippen LogP contribution in [0.1, 0.15) is 20.8 Å². The minimum atomic E-state index is -3.61. The second-order valence-corrected chi connectivity index (χ2v) is 9.76. The van der Waals surface area contributed by atoms with Crippen LogP contribution in [0.2, 0.25) is 10.0 Å². The molecule has 1 saturated heterocycles. The van der Waals surface area contributed by atoms with Gasteiger partial charge >= 0.3 is 0 Å². The van der Waals surface area contributed by atoms with Gasteiger partial charge < -0.3 is 10.2 Å². The van der Waals surface area contributed by atoms with E-state index in [0.29, 0.717) is 43.7 Å². The summed E-state index contributed by atoms with van der Waals surface area (Å²) in [5.41, 5.74) is 0. The van der Waals surface area contributed by atoms with Gasteiger partial charge in [-0.15, -0.1) is 0 Å². The van der Waals surface area contributed by atoms with E-state index < -0.39 is 10.0 Å². The molecule has 0 spiro atoms. The van der Waals surface area contributed by atoms with E-state index in [1.165, 1.54) is 22.5 Å². The van der Waals surface area contributed by atoms with Crippen LogP contribution in [-0.4, -0.2) is 57.4 Å². The zero-order valence-electron chi connectivity index (χ0n) is 15.3. The molecule has 1 heterocycles. The zero-order valence-corrected chi connectivity index (χ0v) is 17.6. The van der Waals surface area contributed by atoms with Crippen LogP contribution in [0.3, 0.4) is 0 Å². The van der Waals surface area contributed by atoms with Gasteiger partial charge in [-0.25, -0.2) is 8.42 Å². The summed E-state index contributed by atoms with van der Waals surface area (Å²) < 4.78 is 26.9. The fourth-order valence-electron chi connectivity index (χ4n) is 2.70. The maximum Gasteiger partial charge on any atom is 0.275 e. The summed E-state index contributed by atoms with van der Waals surface area (Å²) in [6.07, 6.45) is 0. The van der Waals surface area contributed by atoms with E-state index in [1.54, 1.807) is 0 Å². The first kappa shape index (κ1) is 21.4. The fourth-order valence-corrected chi connectivity index (χ4v) is 4.54. The Kier molecular flexibility index (Phi) is 7.33. The summed E-state index contributed by atoms with van der Waals surface area (Å²) in [5, 5.41) is 3.52. The average Bonchev–Trinajstić information content (AvgIpc) is 2.57. The highest BCUT2D eigenvalue weighted by Gasteiger charge is 2.31. The van der Waals surface area contributed by atoms with E-state index in [1.807, 2.05) is 6.92 Å². The second-order valence-electron chi connectivity index (χ2n) is 7.01. The Morgan fingerprint density at radius 1 is 1.19 bits per heavy atom. The molecule has 0 bridgehead atoms. The molecule has 6 nitrogen and oxygen atoms in total. The van der Waals surface area contributed by atoms with Crippen LogP contribution in [0.15, 0.2) is 23.1 Å². The predicted molar refractivity (Wildman–Crippen MR) is 103 cm³/mol. The number of halogens is 2. The number of carbonyl (C=O) groups is 1. The van der Waals surface area contributed by atoms with Gasteiger partial charge in [0.1, 0.15) is 0 Å². The molecule has 2 N–H and O–H groups in total. The number of piperazine rings is 1. The maximum atomic E-state index is 12.7. The summed E-state index contributed by atoms with van der Waals surface area (Å²) in [6, 6.07) is 4.44. The van der Waals surface area contributed by atoms with Crippen LogP contribution in [0.4, 0.5) is 0 Å². The molecule has 1 aliphatic heterocycles. The molecule has 1 aromatic rings. The minimum Gasteiger partial charge on any atom is -0.348 e. The smallest absolute Gasteiger partial charge is 0.275 e. The van der Waals surface area contributed by atoms with E-state index in [2.05, 4.69) is 19.2 Å². The van der Waals surface area contributed by atoms with Gasteiger partial charge in [-0.05, 0) is 31.0 Å². The Bertz CT molecular complexity index is 748. The normalized spacial score (nSPS) is 18.1. The summed E-state index contributed by atoms with van der Waals surface area (Å²) in [5.74, 6) is 0.379. The molecule has 9 heteroatoms. The van der Waals surface area contributed by atoms with Crippen LogP contribution < -0.4 is 10.2 Å². The highest BCUT2D eigenvalue weighted by Crippen LogP contribution is 2.26. The molecule has 0 aliphatic carbocycles. The largest absolute Gasteiger partial charge is 0.348 e. The molecule has 1 aliphatic rings. The lowest BCUT2D eigenvalue weighted by Crippen LogP contribution is -3.15. The quantitative estimate of drug-likeness (QED) is 0.719. The third-order valence-electron chi connectivity index (χ3n) is 4.76. The molecular weight excluding hydrogens is 397 g/mol. The van der Waals surface area contributed by atoms with Gasteiger partial charge in [-0.1, -0.05) is 37.0 Å². The number of carbonyl (C=O) groups excluding carboxylic acids is 1. The first-order valence-corrected chi connectivity index (χ1v) is 10.9. The number of nitrogens with zero attached hydrogens (tertiary/aromatic N) is 1. The number of sulfonamides is 1. The van der Waals surface area contributed by atoms with E-state index in [9.17, 15) is 13.2 Å². The Balaban J connectivity index is 1.93. The molecule has 26 heavy (non-hydrogen) atoms. The lowest BCUT2D eigenvalue weighted by atomic mass is 10.1. The van der Waals surface area contributed by atoms with Crippen LogP contribution in [0.25, 0.3) is 0 Å². The summed E-state index contributed by atoms with van der Waals surface area (Å²) in [4.78, 5) is 13.3. The van der Waals surface area contributed by atoms with Crippen LogP contribution >= 0.6 is 23.2 Å². The summed E-state index contributed by atoms with van der Waals surface area (Å²) in [7, 11) is -3.61. The van der Waals surface area contributed by atoms with Gasteiger partial charge in [0.25, 0.3) is 5.91 Å². The lowest BCUT2D eigenvalue weighted by molar-refractivity contribution is -0.895. The maximum absolute atomic E-state index is 12.7. The zero-order chi connectivity index (χ0) is 19.5. The molecule has 1 fully saturated rings. The van der Waals surface area contributed by atoms with Crippen molar-refractivity contribution in [2.45, 2.75) is 31.7 Å². The van der Waals surface area contributed by atoms with E-state index in [0.717, 1.165) is 4.90 Å². The molecule has 0 saturated carbocycles. The third kappa shape index (κ3) is 5.33. The topological polar surface area (TPSA) is 70.9 Å². The number of nitrogens with one attached hydrogen (secondary N) is 2. The molecule has 0 radical (unpaired) electrons. The molecule has 146 valence electrons. The third-order valence-corrected chi connectivity index (χ3v) is 7.39. The van der Waals surface area contributed by atoms with Crippen molar-refractivity contribution in [1.29, 1.82) is 0 Å². The van der Waals surface area contributed by atoms with Crippen LogP contribution in [0, 0.1) is 5.92 Å². The second kappa shape index (κ2) is 8.89.